The molecule has 0 saturated heterocycles. The van der Waals surface area contributed by atoms with Crippen LogP contribution in [0, 0.1) is 0 Å². The molecule has 0 rings (SSSR count). The van der Waals surface area contributed by atoms with Crippen LogP contribution in [0.4, 0.5) is 0 Å². The molecule has 0 amide bonds. The predicted octanol–water partition coefficient (Wildman–Crippen LogP) is 2.60. The van der Waals surface area contributed by atoms with E-state index in [4.69, 9.17) is 9.47 Å². The lowest BCUT2D eigenvalue weighted by Gasteiger charge is -2.27. The summed E-state index contributed by atoms with van der Waals surface area (Å²) in [6, 6.07) is 0.492. The molecule has 0 aromatic rings. The average Bonchev–Trinajstić information content (AvgIpc) is 2.31. The Labute approximate surface area is 101 Å². The van der Waals surface area contributed by atoms with Crippen molar-refractivity contribution in [1.82, 2.24) is 5.32 Å². The van der Waals surface area contributed by atoms with Crippen LogP contribution >= 0.6 is 0 Å². The van der Waals surface area contributed by atoms with E-state index in [0.717, 1.165) is 13.0 Å². The van der Waals surface area contributed by atoms with Crippen molar-refractivity contribution >= 4 is 0 Å². The first-order valence-corrected chi connectivity index (χ1v) is 6.63. The fourth-order valence-electron chi connectivity index (χ4n) is 1.86. The maximum absolute atomic E-state index is 5.86. The fourth-order valence-corrected chi connectivity index (χ4v) is 1.86. The molecule has 0 aliphatic carbocycles. The van der Waals surface area contributed by atoms with E-state index in [-0.39, 0.29) is 0 Å². The summed E-state index contributed by atoms with van der Waals surface area (Å²) in [5.41, 5.74) is 0. The number of rotatable bonds is 11. The van der Waals surface area contributed by atoms with E-state index in [1.54, 1.807) is 7.11 Å². The summed E-state index contributed by atoms with van der Waals surface area (Å²) in [5, 5.41) is 3.58. The van der Waals surface area contributed by atoms with Gasteiger partial charge in [0, 0.05) is 13.2 Å². The summed E-state index contributed by atoms with van der Waals surface area (Å²) in [5.74, 6) is 0. The Morgan fingerprint density at radius 1 is 1.06 bits per heavy atom. The van der Waals surface area contributed by atoms with Crippen molar-refractivity contribution < 1.29 is 9.47 Å². The van der Waals surface area contributed by atoms with E-state index < -0.39 is 0 Å². The molecule has 0 aromatic carbocycles. The van der Waals surface area contributed by atoms with Crippen LogP contribution in [0.1, 0.15) is 46.5 Å². The van der Waals surface area contributed by atoms with E-state index in [0.29, 0.717) is 25.4 Å². The highest BCUT2D eigenvalue weighted by atomic mass is 16.5. The minimum Gasteiger partial charge on any atom is -0.382 e. The van der Waals surface area contributed by atoms with Gasteiger partial charge in [-0.2, -0.15) is 0 Å². The van der Waals surface area contributed by atoms with Crippen LogP contribution < -0.4 is 5.32 Å². The Balaban J connectivity index is 3.99. The van der Waals surface area contributed by atoms with Crippen molar-refractivity contribution in [2.45, 2.75) is 58.6 Å². The molecule has 0 bridgehead atoms. The molecule has 0 aromatic heterocycles. The molecular formula is C13H29NO2. The molecule has 2 atom stereocenters. The summed E-state index contributed by atoms with van der Waals surface area (Å²) in [6.45, 7) is 9.07. The molecule has 2 unspecified atom stereocenters. The molecule has 0 aliphatic rings. The maximum atomic E-state index is 5.86. The third kappa shape index (κ3) is 7.20. The Bertz CT molecular complexity index is 142. The van der Waals surface area contributed by atoms with Gasteiger partial charge < -0.3 is 14.8 Å². The molecule has 1 N–H and O–H groups in total. The number of ether oxygens (including phenoxy) is 2. The standard InChI is InChI=1S/C13H29NO2/c1-5-8-12(14-9-6-2)13(7-3)16-11-10-15-4/h12-14H,5-11H2,1-4H3. The molecule has 0 fully saturated rings. The highest BCUT2D eigenvalue weighted by Gasteiger charge is 2.18. The molecule has 0 spiro atoms. The highest BCUT2D eigenvalue weighted by Crippen LogP contribution is 2.10. The topological polar surface area (TPSA) is 30.5 Å². The zero-order valence-corrected chi connectivity index (χ0v) is 11.4. The second kappa shape index (κ2) is 11.4. The third-order valence-corrected chi connectivity index (χ3v) is 2.73. The first-order valence-electron chi connectivity index (χ1n) is 6.63. The van der Waals surface area contributed by atoms with Crippen LogP contribution in [0.2, 0.25) is 0 Å². The second-order valence-corrected chi connectivity index (χ2v) is 4.16. The summed E-state index contributed by atoms with van der Waals surface area (Å²) in [4.78, 5) is 0. The molecule has 0 radical (unpaired) electrons. The van der Waals surface area contributed by atoms with Gasteiger partial charge in [-0.1, -0.05) is 27.2 Å². The van der Waals surface area contributed by atoms with Gasteiger partial charge in [-0.15, -0.1) is 0 Å². The van der Waals surface area contributed by atoms with Crippen molar-refractivity contribution in [1.29, 1.82) is 0 Å². The SMILES string of the molecule is CCCNC(CCC)C(CC)OCCOC. The van der Waals surface area contributed by atoms with Crippen molar-refractivity contribution in [3.05, 3.63) is 0 Å². The van der Waals surface area contributed by atoms with Crippen LogP contribution in [-0.4, -0.2) is 39.0 Å². The van der Waals surface area contributed by atoms with Gasteiger partial charge in [-0.25, -0.2) is 0 Å². The fraction of sp³-hybridized carbons (Fsp3) is 1.00. The van der Waals surface area contributed by atoms with Crippen LogP contribution in [0.5, 0.6) is 0 Å². The quantitative estimate of drug-likeness (QED) is 0.554. The van der Waals surface area contributed by atoms with Gasteiger partial charge in [0.25, 0.3) is 0 Å². The molecule has 16 heavy (non-hydrogen) atoms. The molecular weight excluding hydrogens is 202 g/mol. The lowest BCUT2D eigenvalue weighted by Crippen LogP contribution is -2.41. The second-order valence-electron chi connectivity index (χ2n) is 4.16. The van der Waals surface area contributed by atoms with E-state index in [1.807, 2.05) is 0 Å². The van der Waals surface area contributed by atoms with E-state index >= 15 is 0 Å². The van der Waals surface area contributed by atoms with E-state index in [2.05, 4.69) is 26.1 Å². The molecule has 98 valence electrons. The molecule has 0 saturated carbocycles. The zero-order chi connectivity index (χ0) is 12.2. The first kappa shape index (κ1) is 15.9. The third-order valence-electron chi connectivity index (χ3n) is 2.73. The Kier molecular flexibility index (Phi) is 11.3. The summed E-state index contributed by atoms with van der Waals surface area (Å²) >= 11 is 0. The number of methoxy groups -OCH3 is 1. The smallest absolute Gasteiger partial charge is 0.0726 e. The van der Waals surface area contributed by atoms with Crippen LogP contribution in [0.15, 0.2) is 0 Å². The summed E-state index contributed by atoms with van der Waals surface area (Å²) in [7, 11) is 1.71. The van der Waals surface area contributed by atoms with Gasteiger partial charge in [0.15, 0.2) is 0 Å². The average molecular weight is 231 g/mol. The van der Waals surface area contributed by atoms with E-state index in [1.165, 1.54) is 19.3 Å². The van der Waals surface area contributed by atoms with Crippen molar-refractivity contribution in [2.24, 2.45) is 0 Å². The lowest BCUT2D eigenvalue weighted by molar-refractivity contribution is -0.00532. The minimum atomic E-state index is 0.321. The number of hydrogen-bond donors (Lipinski definition) is 1. The first-order chi connectivity index (χ1) is 7.79. The minimum absolute atomic E-state index is 0.321. The highest BCUT2D eigenvalue weighted by molar-refractivity contribution is 4.75. The zero-order valence-electron chi connectivity index (χ0n) is 11.4. The molecule has 3 nitrogen and oxygen atoms in total. The maximum Gasteiger partial charge on any atom is 0.0726 e. The predicted molar refractivity (Wildman–Crippen MR) is 68.9 cm³/mol. The molecule has 0 heterocycles. The van der Waals surface area contributed by atoms with Gasteiger partial charge in [0.2, 0.25) is 0 Å². The lowest BCUT2D eigenvalue weighted by atomic mass is 10.0. The Hall–Kier alpha value is -0.120. The summed E-state index contributed by atoms with van der Waals surface area (Å²) < 4.78 is 10.9. The van der Waals surface area contributed by atoms with Gasteiger partial charge in [0.05, 0.1) is 19.3 Å². The van der Waals surface area contributed by atoms with E-state index in [9.17, 15) is 0 Å². The van der Waals surface area contributed by atoms with Crippen LogP contribution in [0.3, 0.4) is 0 Å². The number of nitrogens with one attached hydrogen (secondary N) is 1. The normalized spacial score (nSPS) is 15.0. The monoisotopic (exact) mass is 231 g/mol. The molecule has 0 aliphatic heterocycles. The largest absolute Gasteiger partial charge is 0.382 e. The van der Waals surface area contributed by atoms with Crippen molar-refractivity contribution in [2.75, 3.05) is 26.9 Å². The van der Waals surface area contributed by atoms with Gasteiger partial charge in [0.1, 0.15) is 0 Å². The molecule has 3 heteroatoms. The van der Waals surface area contributed by atoms with Crippen molar-refractivity contribution in [3.8, 4) is 0 Å². The van der Waals surface area contributed by atoms with Crippen molar-refractivity contribution in [3.63, 3.8) is 0 Å². The van der Waals surface area contributed by atoms with Gasteiger partial charge >= 0.3 is 0 Å². The van der Waals surface area contributed by atoms with Crippen LogP contribution in [-0.2, 0) is 9.47 Å². The van der Waals surface area contributed by atoms with Crippen LogP contribution in [0.25, 0.3) is 0 Å². The number of hydrogen-bond acceptors (Lipinski definition) is 3. The summed E-state index contributed by atoms with van der Waals surface area (Å²) in [6.07, 6.45) is 4.94. The van der Waals surface area contributed by atoms with Gasteiger partial charge in [-0.3, -0.25) is 0 Å². The van der Waals surface area contributed by atoms with Gasteiger partial charge in [-0.05, 0) is 25.8 Å². The Morgan fingerprint density at radius 3 is 2.31 bits per heavy atom. The Morgan fingerprint density at radius 2 is 1.81 bits per heavy atom.